The number of carbonyl (C=O) groups is 1. The molecule has 1 aromatic heterocycles. The summed E-state index contributed by atoms with van der Waals surface area (Å²) in [7, 11) is 0. The van der Waals surface area contributed by atoms with Crippen molar-refractivity contribution in [3.05, 3.63) is 15.6 Å². The smallest absolute Gasteiger partial charge is 0.347 e. The van der Waals surface area contributed by atoms with Gasteiger partial charge in [0.05, 0.1) is 10.7 Å². The summed E-state index contributed by atoms with van der Waals surface area (Å²) in [5, 5.41) is 18.1. The van der Waals surface area contributed by atoms with Crippen LogP contribution in [-0.4, -0.2) is 27.8 Å². The Bertz CT molecular complexity index is 308. The zero-order chi connectivity index (χ0) is 9.84. The number of carboxylic acids is 1. The highest BCUT2D eigenvalue weighted by Gasteiger charge is 2.12. The lowest BCUT2D eigenvalue weighted by atomic mass is 10.3. The third kappa shape index (κ3) is 2.50. The molecule has 0 radical (unpaired) electrons. The van der Waals surface area contributed by atoms with Crippen molar-refractivity contribution in [1.29, 1.82) is 0 Å². The van der Waals surface area contributed by atoms with E-state index in [1.807, 2.05) is 0 Å². The molecule has 0 aromatic carbocycles. The first kappa shape index (κ1) is 10.1. The third-order valence-electron chi connectivity index (χ3n) is 1.58. The molecule has 1 aromatic rings. The maximum Gasteiger partial charge on any atom is 0.347 e. The molecule has 5 heteroatoms. The fourth-order valence-electron chi connectivity index (χ4n) is 0.988. The Morgan fingerprint density at radius 3 is 2.77 bits per heavy atom. The number of nitrogens with zero attached hydrogens (tertiary/aromatic N) is 1. The second kappa shape index (κ2) is 4.34. The van der Waals surface area contributed by atoms with Crippen molar-refractivity contribution in [2.24, 2.45) is 0 Å². The summed E-state index contributed by atoms with van der Waals surface area (Å²) < 4.78 is 0. The third-order valence-corrected chi connectivity index (χ3v) is 2.79. The minimum atomic E-state index is -0.926. The van der Waals surface area contributed by atoms with Crippen LogP contribution in [0.1, 0.15) is 26.8 Å². The van der Waals surface area contributed by atoms with E-state index in [0.29, 0.717) is 23.4 Å². The molecule has 0 saturated carbocycles. The predicted octanol–water partition coefficient (Wildman–Crippen LogP) is 1.07. The van der Waals surface area contributed by atoms with Crippen molar-refractivity contribution in [2.75, 3.05) is 6.61 Å². The Kier molecular flexibility index (Phi) is 3.39. The van der Waals surface area contributed by atoms with Gasteiger partial charge >= 0.3 is 5.97 Å². The van der Waals surface area contributed by atoms with Gasteiger partial charge in [0.25, 0.3) is 0 Å². The van der Waals surface area contributed by atoms with Gasteiger partial charge in [-0.3, -0.25) is 0 Å². The van der Waals surface area contributed by atoms with Crippen LogP contribution in [-0.2, 0) is 6.42 Å². The molecular formula is C8H11NO3S. The highest BCUT2D eigenvalue weighted by molar-refractivity contribution is 7.13. The van der Waals surface area contributed by atoms with Crippen molar-refractivity contribution < 1.29 is 15.0 Å². The van der Waals surface area contributed by atoms with E-state index in [2.05, 4.69) is 4.98 Å². The van der Waals surface area contributed by atoms with Crippen LogP contribution in [0, 0.1) is 6.92 Å². The molecule has 72 valence electrons. The Hall–Kier alpha value is -0.940. The minimum Gasteiger partial charge on any atom is -0.477 e. The van der Waals surface area contributed by atoms with Crippen molar-refractivity contribution in [3.63, 3.8) is 0 Å². The van der Waals surface area contributed by atoms with E-state index in [1.54, 1.807) is 6.92 Å². The Labute approximate surface area is 79.9 Å². The van der Waals surface area contributed by atoms with Crippen LogP contribution in [0.3, 0.4) is 0 Å². The van der Waals surface area contributed by atoms with Gasteiger partial charge in [-0.05, 0) is 13.3 Å². The van der Waals surface area contributed by atoms with E-state index >= 15 is 0 Å². The fraction of sp³-hybridized carbons (Fsp3) is 0.500. The number of aromatic carboxylic acids is 1. The Morgan fingerprint density at radius 1 is 1.62 bits per heavy atom. The summed E-state index contributed by atoms with van der Waals surface area (Å²) in [6.45, 7) is 1.80. The molecule has 0 aliphatic heterocycles. The van der Waals surface area contributed by atoms with Crippen LogP contribution in [0.4, 0.5) is 0 Å². The van der Waals surface area contributed by atoms with Crippen LogP contribution in [0.25, 0.3) is 0 Å². The second-order valence-corrected chi connectivity index (χ2v) is 3.74. The molecule has 0 unspecified atom stereocenters. The molecule has 0 spiro atoms. The van der Waals surface area contributed by atoms with Gasteiger partial charge in [0, 0.05) is 13.0 Å². The fourth-order valence-corrected chi connectivity index (χ4v) is 1.93. The normalized spacial score (nSPS) is 10.3. The zero-order valence-corrected chi connectivity index (χ0v) is 8.10. The molecule has 0 aliphatic rings. The minimum absolute atomic E-state index is 0.112. The molecule has 1 heterocycles. The molecule has 0 fully saturated rings. The van der Waals surface area contributed by atoms with Gasteiger partial charge in [-0.2, -0.15) is 0 Å². The predicted molar refractivity (Wildman–Crippen MR) is 49.2 cm³/mol. The number of thiazole rings is 1. The molecule has 2 N–H and O–H groups in total. The second-order valence-electron chi connectivity index (χ2n) is 2.65. The summed E-state index contributed by atoms with van der Waals surface area (Å²) >= 11 is 1.19. The van der Waals surface area contributed by atoms with Crippen molar-refractivity contribution in [1.82, 2.24) is 4.98 Å². The van der Waals surface area contributed by atoms with Crippen molar-refractivity contribution >= 4 is 17.3 Å². The van der Waals surface area contributed by atoms with Gasteiger partial charge in [-0.1, -0.05) is 0 Å². The van der Waals surface area contributed by atoms with Crippen molar-refractivity contribution in [2.45, 2.75) is 19.8 Å². The quantitative estimate of drug-likeness (QED) is 0.764. The molecule has 4 nitrogen and oxygen atoms in total. The SMILES string of the molecule is Cc1nc(CCCO)sc1C(=O)O. The van der Waals surface area contributed by atoms with E-state index in [1.165, 1.54) is 11.3 Å². The van der Waals surface area contributed by atoms with Gasteiger partial charge in [-0.25, -0.2) is 9.78 Å². The van der Waals surface area contributed by atoms with Gasteiger partial charge in [0.2, 0.25) is 0 Å². The van der Waals surface area contributed by atoms with E-state index < -0.39 is 5.97 Å². The maximum absolute atomic E-state index is 10.6. The van der Waals surface area contributed by atoms with Crippen LogP contribution in [0.15, 0.2) is 0 Å². The number of aliphatic hydroxyl groups is 1. The van der Waals surface area contributed by atoms with Gasteiger partial charge in [-0.15, -0.1) is 11.3 Å². The Balaban J connectivity index is 2.76. The van der Waals surface area contributed by atoms with Crippen molar-refractivity contribution in [3.8, 4) is 0 Å². The van der Waals surface area contributed by atoms with E-state index in [-0.39, 0.29) is 6.61 Å². The van der Waals surface area contributed by atoms with E-state index in [9.17, 15) is 4.79 Å². The van der Waals surface area contributed by atoms with Gasteiger partial charge in [0.15, 0.2) is 0 Å². The van der Waals surface area contributed by atoms with E-state index in [0.717, 1.165) is 5.01 Å². The lowest BCUT2D eigenvalue weighted by Gasteiger charge is -1.89. The molecule has 0 saturated heterocycles. The van der Waals surface area contributed by atoms with E-state index in [4.69, 9.17) is 10.2 Å². The first-order valence-corrected chi connectivity index (χ1v) is 4.77. The number of rotatable bonds is 4. The number of aromatic nitrogens is 1. The van der Waals surface area contributed by atoms with Crippen LogP contribution < -0.4 is 0 Å². The first-order valence-electron chi connectivity index (χ1n) is 3.95. The summed E-state index contributed by atoms with van der Waals surface area (Å²) in [6.07, 6.45) is 1.28. The largest absolute Gasteiger partial charge is 0.477 e. The lowest BCUT2D eigenvalue weighted by Crippen LogP contribution is -1.94. The van der Waals surface area contributed by atoms with Crippen LogP contribution >= 0.6 is 11.3 Å². The van der Waals surface area contributed by atoms with Crippen LogP contribution in [0.2, 0.25) is 0 Å². The topological polar surface area (TPSA) is 70.4 Å². The first-order chi connectivity index (χ1) is 6.15. The maximum atomic E-state index is 10.6. The number of aliphatic hydroxyl groups excluding tert-OH is 1. The molecule has 0 amide bonds. The summed E-state index contributed by atoms with van der Waals surface area (Å²) in [5.41, 5.74) is 0.561. The summed E-state index contributed by atoms with van der Waals surface area (Å²) in [6, 6.07) is 0. The monoisotopic (exact) mass is 201 g/mol. The van der Waals surface area contributed by atoms with Gasteiger partial charge in [0.1, 0.15) is 4.88 Å². The molecule has 0 aliphatic carbocycles. The summed E-state index contributed by atoms with van der Waals surface area (Å²) in [5.74, 6) is -0.926. The molecule has 0 bridgehead atoms. The number of hydrogen-bond donors (Lipinski definition) is 2. The van der Waals surface area contributed by atoms with Gasteiger partial charge < -0.3 is 10.2 Å². The highest BCUT2D eigenvalue weighted by atomic mass is 32.1. The number of aryl methyl sites for hydroxylation is 2. The zero-order valence-electron chi connectivity index (χ0n) is 7.28. The number of hydrogen-bond acceptors (Lipinski definition) is 4. The standard InChI is InChI=1S/C8H11NO3S/c1-5-7(8(11)12)13-6(9-5)3-2-4-10/h10H,2-4H2,1H3,(H,11,12). The van der Waals surface area contributed by atoms with Crippen LogP contribution in [0.5, 0.6) is 0 Å². The lowest BCUT2D eigenvalue weighted by molar-refractivity contribution is 0.0701. The average Bonchev–Trinajstić information content (AvgIpc) is 2.43. The molecule has 0 atom stereocenters. The Morgan fingerprint density at radius 2 is 2.31 bits per heavy atom. The molecule has 1 rings (SSSR count). The molecular weight excluding hydrogens is 190 g/mol. The molecule has 13 heavy (non-hydrogen) atoms. The highest BCUT2D eigenvalue weighted by Crippen LogP contribution is 2.18. The average molecular weight is 201 g/mol. The number of carboxylic acid groups (broad SMARTS) is 1. The summed E-state index contributed by atoms with van der Waals surface area (Å²) in [4.78, 5) is 15.0.